The zero-order valence-corrected chi connectivity index (χ0v) is 11.1. The summed E-state index contributed by atoms with van der Waals surface area (Å²) in [6.07, 6.45) is 3.46. The number of benzene rings is 2. The lowest BCUT2D eigenvalue weighted by molar-refractivity contribution is 0.309. The van der Waals surface area contributed by atoms with Crippen LogP contribution < -0.4 is 4.74 Å². The normalized spacial score (nSPS) is 10.8. The Balaban J connectivity index is 2.29. The van der Waals surface area contributed by atoms with Crippen molar-refractivity contribution in [2.75, 3.05) is 6.61 Å². The fourth-order valence-corrected chi connectivity index (χ4v) is 2.11. The molecule has 2 aromatic carbocycles. The van der Waals surface area contributed by atoms with Gasteiger partial charge in [-0.25, -0.2) is 0 Å². The smallest absolute Gasteiger partial charge is 0.127 e. The highest BCUT2D eigenvalue weighted by Gasteiger charge is 2.08. The van der Waals surface area contributed by atoms with Crippen LogP contribution >= 0.6 is 0 Å². The van der Waals surface area contributed by atoms with Crippen molar-refractivity contribution in [2.45, 2.75) is 33.1 Å². The largest absolute Gasteiger partial charge is 0.507 e. The number of phenolic OH excluding ortho intramolecular Hbond substituents is 1. The first-order chi connectivity index (χ1) is 8.74. The molecule has 0 atom stereocenters. The second kappa shape index (κ2) is 5.76. The summed E-state index contributed by atoms with van der Waals surface area (Å²) in [4.78, 5) is 0. The van der Waals surface area contributed by atoms with Crippen LogP contribution in [0.1, 0.15) is 31.7 Å². The molecule has 0 aromatic heterocycles. The topological polar surface area (TPSA) is 29.5 Å². The molecule has 0 aliphatic rings. The van der Waals surface area contributed by atoms with E-state index in [1.165, 1.54) is 12.8 Å². The van der Waals surface area contributed by atoms with Gasteiger partial charge in [-0.2, -0.15) is 0 Å². The highest BCUT2D eigenvalue weighted by atomic mass is 16.5. The molecule has 2 aromatic rings. The Labute approximate surface area is 108 Å². The minimum Gasteiger partial charge on any atom is -0.507 e. The first kappa shape index (κ1) is 12.7. The number of phenols is 1. The van der Waals surface area contributed by atoms with Gasteiger partial charge >= 0.3 is 0 Å². The van der Waals surface area contributed by atoms with E-state index in [4.69, 9.17) is 4.74 Å². The van der Waals surface area contributed by atoms with Crippen LogP contribution in [0.3, 0.4) is 0 Å². The van der Waals surface area contributed by atoms with Crippen LogP contribution in [0, 0.1) is 6.92 Å². The molecule has 2 nitrogen and oxygen atoms in total. The molecule has 0 spiro atoms. The Hall–Kier alpha value is -1.70. The quantitative estimate of drug-likeness (QED) is 0.789. The van der Waals surface area contributed by atoms with Crippen LogP contribution in [0.5, 0.6) is 11.5 Å². The molecule has 96 valence electrons. The summed E-state index contributed by atoms with van der Waals surface area (Å²) in [7, 11) is 0. The zero-order valence-electron chi connectivity index (χ0n) is 11.1. The van der Waals surface area contributed by atoms with Crippen LogP contribution in [0.4, 0.5) is 0 Å². The van der Waals surface area contributed by atoms with Gasteiger partial charge in [-0.3, -0.25) is 0 Å². The fraction of sp³-hybridized carbons (Fsp3) is 0.375. The molecular formula is C16H20O2. The molecule has 1 N–H and O–H groups in total. The number of unbranched alkanes of at least 4 members (excludes halogenated alkanes) is 2. The number of aromatic hydroxyl groups is 1. The predicted octanol–water partition coefficient (Wildman–Crippen LogP) is 4.42. The Kier molecular flexibility index (Phi) is 4.08. The van der Waals surface area contributed by atoms with Crippen molar-refractivity contribution in [3.05, 3.63) is 35.9 Å². The molecule has 0 heterocycles. The minimum atomic E-state index is 0.353. The van der Waals surface area contributed by atoms with Crippen molar-refractivity contribution in [2.24, 2.45) is 0 Å². The van der Waals surface area contributed by atoms with Crippen molar-refractivity contribution in [3.8, 4) is 11.5 Å². The Morgan fingerprint density at radius 3 is 2.56 bits per heavy atom. The number of hydrogen-bond donors (Lipinski definition) is 1. The third kappa shape index (κ3) is 2.58. The van der Waals surface area contributed by atoms with Gasteiger partial charge in [0.05, 0.1) is 6.61 Å². The van der Waals surface area contributed by atoms with Crippen molar-refractivity contribution < 1.29 is 9.84 Å². The second-order valence-corrected chi connectivity index (χ2v) is 4.64. The predicted molar refractivity (Wildman–Crippen MR) is 75.4 cm³/mol. The summed E-state index contributed by atoms with van der Waals surface area (Å²) >= 11 is 0. The summed E-state index contributed by atoms with van der Waals surface area (Å²) in [5, 5.41) is 11.9. The van der Waals surface area contributed by atoms with E-state index in [2.05, 4.69) is 6.92 Å². The van der Waals surface area contributed by atoms with Crippen molar-refractivity contribution >= 4 is 10.8 Å². The number of ether oxygens (including phenoxy) is 1. The maximum atomic E-state index is 10.0. The third-order valence-corrected chi connectivity index (χ3v) is 3.17. The first-order valence-corrected chi connectivity index (χ1v) is 6.58. The van der Waals surface area contributed by atoms with Crippen molar-refractivity contribution in [1.82, 2.24) is 0 Å². The summed E-state index contributed by atoms with van der Waals surface area (Å²) < 4.78 is 5.85. The van der Waals surface area contributed by atoms with Crippen LogP contribution in [-0.4, -0.2) is 11.7 Å². The molecule has 0 bridgehead atoms. The fourth-order valence-electron chi connectivity index (χ4n) is 2.11. The van der Waals surface area contributed by atoms with Gasteiger partial charge in [-0.05, 0) is 25.0 Å². The highest BCUT2D eigenvalue weighted by Crippen LogP contribution is 2.35. The van der Waals surface area contributed by atoms with E-state index < -0.39 is 0 Å². The van der Waals surface area contributed by atoms with E-state index in [1.807, 2.05) is 37.3 Å². The lowest BCUT2D eigenvalue weighted by atomic mass is 10.1. The lowest BCUT2D eigenvalue weighted by Gasteiger charge is -2.12. The average molecular weight is 244 g/mol. The molecule has 0 saturated heterocycles. The van der Waals surface area contributed by atoms with E-state index in [-0.39, 0.29) is 0 Å². The SMILES string of the molecule is CCCCCOc1cc(C)c(O)c2ccccc12. The van der Waals surface area contributed by atoms with Crippen LogP contribution in [-0.2, 0) is 0 Å². The Morgan fingerprint density at radius 2 is 1.83 bits per heavy atom. The molecule has 0 fully saturated rings. The number of aryl methyl sites for hydroxylation is 1. The molecule has 0 radical (unpaired) electrons. The van der Waals surface area contributed by atoms with Gasteiger partial charge in [0.25, 0.3) is 0 Å². The maximum Gasteiger partial charge on any atom is 0.127 e. The zero-order chi connectivity index (χ0) is 13.0. The molecule has 0 saturated carbocycles. The monoisotopic (exact) mass is 244 g/mol. The van der Waals surface area contributed by atoms with E-state index in [0.29, 0.717) is 5.75 Å². The molecule has 2 heteroatoms. The Bertz CT molecular complexity index is 532. The van der Waals surface area contributed by atoms with E-state index in [9.17, 15) is 5.11 Å². The molecule has 0 aliphatic carbocycles. The minimum absolute atomic E-state index is 0.353. The molecule has 0 unspecified atom stereocenters. The standard InChI is InChI=1S/C16H20O2/c1-3-4-7-10-18-15-11-12(2)16(17)14-9-6-5-8-13(14)15/h5-6,8-9,11,17H,3-4,7,10H2,1-2H3. The first-order valence-electron chi connectivity index (χ1n) is 6.58. The van der Waals surface area contributed by atoms with E-state index in [1.54, 1.807) is 0 Å². The highest BCUT2D eigenvalue weighted by molar-refractivity contribution is 5.94. The summed E-state index contributed by atoms with van der Waals surface area (Å²) in [5.74, 6) is 1.23. The van der Waals surface area contributed by atoms with Gasteiger partial charge in [0, 0.05) is 10.8 Å². The van der Waals surface area contributed by atoms with E-state index in [0.717, 1.165) is 35.1 Å². The lowest BCUT2D eigenvalue weighted by Crippen LogP contribution is -1.98. The molecule has 2 rings (SSSR count). The van der Waals surface area contributed by atoms with Gasteiger partial charge in [-0.1, -0.05) is 44.0 Å². The molecular weight excluding hydrogens is 224 g/mol. The molecule has 0 amide bonds. The van der Waals surface area contributed by atoms with Crippen LogP contribution in [0.2, 0.25) is 0 Å². The van der Waals surface area contributed by atoms with Gasteiger partial charge in [0.2, 0.25) is 0 Å². The van der Waals surface area contributed by atoms with E-state index >= 15 is 0 Å². The molecule has 0 aliphatic heterocycles. The third-order valence-electron chi connectivity index (χ3n) is 3.17. The van der Waals surface area contributed by atoms with Crippen molar-refractivity contribution in [1.29, 1.82) is 0 Å². The summed E-state index contributed by atoms with van der Waals surface area (Å²) in [5.41, 5.74) is 0.860. The van der Waals surface area contributed by atoms with Gasteiger partial charge in [0.15, 0.2) is 0 Å². The maximum absolute atomic E-state index is 10.0. The van der Waals surface area contributed by atoms with Gasteiger partial charge in [-0.15, -0.1) is 0 Å². The number of hydrogen-bond acceptors (Lipinski definition) is 2. The summed E-state index contributed by atoms with van der Waals surface area (Å²) in [6.45, 7) is 4.82. The average Bonchev–Trinajstić information content (AvgIpc) is 2.40. The van der Waals surface area contributed by atoms with Crippen LogP contribution in [0.15, 0.2) is 30.3 Å². The van der Waals surface area contributed by atoms with Gasteiger partial charge < -0.3 is 9.84 Å². The van der Waals surface area contributed by atoms with Gasteiger partial charge in [0.1, 0.15) is 11.5 Å². The Morgan fingerprint density at radius 1 is 1.11 bits per heavy atom. The molecule has 18 heavy (non-hydrogen) atoms. The number of fused-ring (bicyclic) bond motifs is 1. The summed E-state index contributed by atoms with van der Waals surface area (Å²) in [6, 6.07) is 9.74. The van der Waals surface area contributed by atoms with Crippen molar-refractivity contribution in [3.63, 3.8) is 0 Å². The van der Waals surface area contributed by atoms with Crippen LogP contribution in [0.25, 0.3) is 10.8 Å². The second-order valence-electron chi connectivity index (χ2n) is 4.64. The number of rotatable bonds is 5.